The zero-order valence-electron chi connectivity index (χ0n) is 13.3. The third-order valence-corrected chi connectivity index (χ3v) is 4.10. The molecule has 0 atom stereocenters. The summed E-state index contributed by atoms with van der Waals surface area (Å²) < 4.78 is 7.60. The average Bonchev–Trinajstić information content (AvgIpc) is 2.81. The molecule has 0 aliphatic heterocycles. The van der Waals surface area contributed by atoms with Crippen LogP contribution >= 0.6 is 11.6 Å². The van der Waals surface area contributed by atoms with Gasteiger partial charge >= 0.3 is 0 Å². The van der Waals surface area contributed by atoms with Gasteiger partial charge in [0.25, 0.3) is 0 Å². The molecule has 1 aromatic heterocycles. The summed E-state index contributed by atoms with van der Waals surface area (Å²) in [6.45, 7) is 6.30. The predicted octanol–water partition coefficient (Wildman–Crippen LogP) is 3.17. The molecule has 0 spiro atoms. The van der Waals surface area contributed by atoms with Crippen molar-refractivity contribution >= 4 is 22.6 Å². The molecular formula is C16H24ClN3O. The van der Waals surface area contributed by atoms with Gasteiger partial charge in [-0.1, -0.05) is 0 Å². The van der Waals surface area contributed by atoms with Crippen LogP contribution in [0, 0.1) is 0 Å². The van der Waals surface area contributed by atoms with E-state index in [0.717, 1.165) is 42.1 Å². The lowest BCUT2D eigenvalue weighted by Crippen LogP contribution is -2.30. The van der Waals surface area contributed by atoms with Gasteiger partial charge in [-0.3, -0.25) is 0 Å². The number of hydrogen-bond acceptors (Lipinski definition) is 3. The van der Waals surface area contributed by atoms with Crippen LogP contribution in [0.2, 0.25) is 0 Å². The molecule has 0 radical (unpaired) electrons. The van der Waals surface area contributed by atoms with Crippen LogP contribution in [0.3, 0.4) is 0 Å². The maximum Gasteiger partial charge on any atom is 0.121 e. The number of aromatic nitrogens is 2. The Balaban J connectivity index is 2.34. The number of benzene rings is 1. The topological polar surface area (TPSA) is 30.3 Å². The smallest absolute Gasteiger partial charge is 0.121 e. The number of hydrogen-bond donors (Lipinski definition) is 0. The van der Waals surface area contributed by atoms with Crippen LogP contribution in [0.15, 0.2) is 18.2 Å². The molecule has 0 saturated carbocycles. The van der Waals surface area contributed by atoms with Crippen molar-refractivity contribution in [1.29, 1.82) is 0 Å². The highest BCUT2D eigenvalue weighted by atomic mass is 35.5. The summed E-state index contributed by atoms with van der Waals surface area (Å²) in [5.41, 5.74) is 2.12. The van der Waals surface area contributed by atoms with Gasteiger partial charge in [0.1, 0.15) is 11.6 Å². The number of methoxy groups -OCH3 is 1. The zero-order chi connectivity index (χ0) is 15.4. The Labute approximate surface area is 131 Å². The minimum absolute atomic E-state index is 0.533. The van der Waals surface area contributed by atoms with Crippen LogP contribution in [-0.4, -0.2) is 47.1 Å². The van der Waals surface area contributed by atoms with Crippen molar-refractivity contribution in [3.8, 4) is 5.75 Å². The molecule has 5 heteroatoms. The molecule has 4 nitrogen and oxygen atoms in total. The summed E-state index contributed by atoms with van der Waals surface area (Å²) in [5.74, 6) is 2.49. The molecule has 116 valence electrons. The van der Waals surface area contributed by atoms with E-state index in [9.17, 15) is 0 Å². The molecule has 0 aliphatic rings. The molecule has 0 bridgehead atoms. The summed E-state index contributed by atoms with van der Waals surface area (Å²) in [7, 11) is 3.83. The van der Waals surface area contributed by atoms with E-state index < -0.39 is 0 Å². The predicted molar refractivity (Wildman–Crippen MR) is 88.5 cm³/mol. The molecular weight excluding hydrogens is 286 g/mol. The third-order valence-electron chi connectivity index (χ3n) is 3.91. The molecule has 0 saturated heterocycles. The van der Waals surface area contributed by atoms with Crippen molar-refractivity contribution in [2.75, 3.05) is 26.6 Å². The van der Waals surface area contributed by atoms with Gasteiger partial charge in [0.05, 0.1) is 18.1 Å². The van der Waals surface area contributed by atoms with Crippen LogP contribution in [-0.2, 0) is 13.0 Å². The molecule has 0 fully saturated rings. The first-order chi connectivity index (χ1) is 10.1. The summed E-state index contributed by atoms with van der Waals surface area (Å²) in [6.07, 6.45) is 0.782. The van der Waals surface area contributed by atoms with Crippen molar-refractivity contribution in [3.63, 3.8) is 0 Å². The lowest BCUT2D eigenvalue weighted by molar-refractivity contribution is 0.263. The molecule has 1 aromatic carbocycles. The number of aryl methyl sites for hydroxylation is 1. The number of rotatable bonds is 7. The highest BCUT2D eigenvalue weighted by Crippen LogP contribution is 2.22. The minimum Gasteiger partial charge on any atom is -0.497 e. The van der Waals surface area contributed by atoms with E-state index in [1.54, 1.807) is 7.11 Å². The van der Waals surface area contributed by atoms with Gasteiger partial charge < -0.3 is 14.2 Å². The van der Waals surface area contributed by atoms with Crippen molar-refractivity contribution in [3.05, 3.63) is 24.0 Å². The number of nitrogens with zero attached hydrogens (tertiary/aromatic N) is 3. The molecule has 2 rings (SSSR count). The molecule has 1 heterocycles. The monoisotopic (exact) mass is 309 g/mol. The summed E-state index contributed by atoms with van der Waals surface area (Å²) in [6, 6.07) is 6.54. The highest BCUT2D eigenvalue weighted by molar-refractivity contribution is 6.17. The van der Waals surface area contributed by atoms with Crippen LogP contribution in [0.5, 0.6) is 5.75 Å². The van der Waals surface area contributed by atoms with Crippen LogP contribution < -0.4 is 4.74 Å². The second-order valence-electron chi connectivity index (χ2n) is 5.55. The van der Waals surface area contributed by atoms with Crippen molar-refractivity contribution in [1.82, 2.24) is 14.5 Å². The fourth-order valence-electron chi connectivity index (χ4n) is 2.32. The first-order valence-corrected chi connectivity index (χ1v) is 7.89. The maximum atomic E-state index is 5.92. The van der Waals surface area contributed by atoms with E-state index in [0.29, 0.717) is 11.9 Å². The fourth-order valence-corrected chi connectivity index (χ4v) is 2.49. The number of alkyl halides is 1. The van der Waals surface area contributed by atoms with Crippen LogP contribution in [0.1, 0.15) is 19.7 Å². The van der Waals surface area contributed by atoms with E-state index >= 15 is 0 Å². The van der Waals surface area contributed by atoms with Gasteiger partial charge in [-0.05, 0) is 33.0 Å². The Morgan fingerprint density at radius 1 is 1.38 bits per heavy atom. The van der Waals surface area contributed by atoms with Crippen LogP contribution in [0.4, 0.5) is 0 Å². The largest absolute Gasteiger partial charge is 0.497 e. The van der Waals surface area contributed by atoms with Crippen molar-refractivity contribution in [2.45, 2.75) is 32.9 Å². The van der Waals surface area contributed by atoms with E-state index in [1.807, 2.05) is 12.1 Å². The summed E-state index contributed by atoms with van der Waals surface area (Å²) in [4.78, 5) is 7.03. The second kappa shape index (κ2) is 7.14. The van der Waals surface area contributed by atoms with Gasteiger partial charge in [-0.25, -0.2) is 4.98 Å². The van der Waals surface area contributed by atoms with Crippen molar-refractivity contribution in [2.24, 2.45) is 0 Å². The lowest BCUT2D eigenvalue weighted by atomic mass is 10.3. The summed E-state index contributed by atoms with van der Waals surface area (Å²) >= 11 is 5.92. The number of halogens is 1. The fraction of sp³-hybridized carbons (Fsp3) is 0.562. The number of ether oxygens (including phenoxy) is 1. The Morgan fingerprint density at radius 3 is 2.76 bits per heavy atom. The van der Waals surface area contributed by atoms with E-state index in [4.69, 9.17) is 21.3 Å². The van der Waals surface area contributed by atoms with Crippen molar-refractivity contribution < 1.29 is 4.74 Å². The van der Waals surface area contributed by atoms with Gasteiger partial charge in [0, 0.05) is 37.5 Å². The first-order valence-electron chi connectivity index (χ1n) is 7.36. The van der Waals surface area contributed by atoms with Gasteiger partial charge in [-0.15, -0.1) is 11.6 Å². The SMILES string of the molecule is COc1ccc2nc(CCCl)n(CCN(C)C(C)C)c2c1. The van der Waals surface area contributed by atoms with Gasteiger partial charge in [0.15, 0.2) is 0 Å². The molecule has 0 N–H and O–H groups in total. The van der Waals surface area contributed by atoms with Gasteiger partial charge in [-0.2, -0.15) is 0 Å². The zero-order valence-corrected chi connectivity index (χ0v) is 14.0. The minimum atomic E-state index is 0.533. The van der Waals surface area contributed by atoms with Gasteiger partial charge in [0.2, 0.25) is 0 Å². The second-order valence-corrected chi connectivity index (χ2v) is 5.93. The normalized spacial score (nSPS) is 11.8. The maximum absolute atomic E-state index is 5.92. The first kappa shape index (κ1) is 16.1. The van der Waals surface area contributed by atoms with Crippen LogP contribution in [0.25, 0.3) is 11.0 Å². The number of likely N-dealkylation sites (N-methyl/N-ethyl adjacent to an activating group) is 1. The third kappa shape index (κ3) is 3.69. The summed E-state index contributed by atoms with van der Waals surface area (Å²) in [5, 5.41) is 0. The number of fused-ring (bicyclic) bond motifs is 1. The molecule has 0 amide bonds. The molecule has 0 unspecified atom stereocenters. The Bertz CT molecular complexity index is 594. The Morgan fingerprint density at radius 2 is 2.14 bits per heavy atom. The Hall–Kier alpha value is -1.26. The molecule has 2 aromatic rings. The van der Waals surface area contributed by atoms with E-state index in [-0.39, 0.29) is 0 Å². The quantitative estimate of drug-likeness (QED) is 0.736. The molecule has 0 aliphatic carbocycles. The van der Waals surface area contributed by atoms with E-state index in [2.05, 4.69) is 36.4 Å². The Kier molecular flexibility index (Phi) is 5.48. The van der Waals surface area contributed by atoms with E-state index in [1.165, 1.54) is 0 Å². The number of imidazole rings is 1. The highest BCUT2D eigenvalue weighted by Gasteiger charge is 2.12. The average molecular weight is 310 g/mol. The molecule has 21 heavy (non-hydrogen) atoms. The lowest BCUT2D eigenvalue weighted by Gasteiger charge is -2.21. The standard InChI is InChI=1S/C16H24ClN3O/c1-12(2)19(3)9-10-20-15-11-13(21-4)5-6-14(15)18-16(20)7-8-17/h5-6,11-12H,7-10H2,1-4H3.